The van der Waals surface area contributed by atoms with Crippen LogP contribution in [0.25, 0.3) is 0 Å². The molecule has 0 aromatic carbocycles. The van der Waals surface area contributed by atoms with E-state index in [2.05, 4.69) is 19.6 Å². The van der Waals surface area contributed by atoms with Crippen molar-refractivity contribution >= 4 is 41.3 Å². The van der Waals surface area contributed by atoms with E-state index in [1.807, 2.05) is 0 Å². The number of rotatable bonds is 0. The summed E-state index contributed by atoms with van der Waals surface area (Å²) in [6, 6.07) is 0. The molecule has 19 nitrogen and oxygen atoms in total. The normalized spacial score (nSPS) is 25.0. The second kappa shape index (κ2) is 21.4. The third kappa shape index (κ3) is 36.0. The lowest BCUT2D eigenvalue weighted by Crippen LogP contribution is -2.71. The van der Waals surface area contributed by atoms with Gasteiger partial charge in [0, 0.05) is 0 Å². The highest BCUT2D eigenvalue weighted by Gasteiger charge is 2.36. The fourth-order valence-corrected chi connectivity index (χ4v) is 2.23. The lowest BCUT2D eigenvalue weighted by Gasteiger charge is -2.56. The fourth-order valence-electron chi connectivity index (χ4n) is 2.23. The van der Waals surface area contributed by atoms with Gasteiger partial charge in [0.1, 0.15) is 0 Å². The van der Waals surface area contributed by atoms with Crippen LogP contribution in [0.5, 0.6) is 0 Å². The molecule has 0 spiro atoms. The molecule has 4 rings (SSSR count). The zero-order valence-electron chi connectivity index (χ0n) is 15.0. The van der Waals surface area contributed by atoms with Crippen molar-refractivity contribution in [3.8, 4) is 0 Å². The van der Waals surface area contributed by atoms with Gasteiger partial charge in [-0.15, -0.1) is 0 Å². The summed E-state index contributed by atoms with van der Waals surface area (Å²) in [7, 11) is -15.6. The van der Waals surface area contributed by atoms with Crippen LogP contribution >= 0.6 is 41.3 Å². The molecule has 4 heterocycles. The van der Waals surface area contributed by atoms with Gasteiger partial charge in [0.15, 0.2) is 0 Å². The van der Waals surface area contributed by atoms with Crippen molar-refractivity contribution in [2.24, 2.45) is 0 Å². The first-order chi connectivity index (χ1) is 13.6. The summed E-state index contributed by atoms with van der Waals surface area (Å²) < 4.78 is 43.7. The van der Waals surface area contributed by atoms with E-state index in [0.717, 1.165) is 0 Å². The third-order valence-corrected chi connectivity index (χ3v) is 2.40. The molecule has 4 aliphatic rings. The summed E-state index contributed by atoms with van der Waals surface area (Å²) in [5, 5.41) is 0. The lowest BCUT2D eigenvalue weighted by molar-refractivity contribution is -0.194. The summed E-state index contributed by atoms with van der Waals surface area (Å²) in [5.41, 5.74) is 0. The maximum atomic E-state index is 8.74. The molecule has 0 aromatic heterocycles. The predicted molar refractivity (Wildman–Crippen MR) is 104 cm³/mol. The van der Waals surface area contributed by atoms with E-state index in [4.69, 9.17) is 71.8 Å². The minimum absolute atomic E-state index is 1.19. The van der Waals surface area contributed by atoms with Crippen LogP contribution < -0.4 is 0 Å². The van der Waals surface area contributed by atoms with Crippen molar-refractivity contribution < 1.29 is 71.8 Å². The Morgan fingerprint density at radius 2 is 0.400 bits per heavy atom. The van der Waals surface area contributed by atoms with Crippen molar-refractivity contribution in [2.75, 3.05) is 40.0 Å². The van der Waals surface area contributed by atoms with Crippen molar-refractivity contribution in [1.29, 1.82) is 0 Å². The highest BCUT2D eigenvalue weighted by Crippen LogP contribution is 2.20. The minimum Gasteiger partial charge on any atom is -0.326 e. The van der Waals surface area contributed by atoms with Crippen LogP contribution in [0.4, 0.5) is 0 Å². The maximum Gasteiger partial charge on any atom is 0.314 e. The van der Waals surface area contributed by atoms with E-state index in [-0.39, 0.29) is 0 Å². The molecular weight excluding hydrogens is 523 g/mol. The quantitative estimate of drug-likeness (QED) is 0.128. The smallest absolute Gasteiger partial charge is 0.314 e. The second-order valence-corrected chi connectivity index (χ2v) is 7.77. The van der Waals surface area contributed by atoms with Gasteiger partial charge >= 0.3 is 41.3 Å². The van der Waals surface area contributed by atoms with E-state index >= 15 is 0 Å². The van der Waals surface area contributed by atoms with E-state index in [1.165, 1.54) is 40.0 Å². The third-order valence-electron chi connectivity index (χ3n) is 2.40. The molecule has 10 N–H and O–H groups in total. The first kappa shape index (κ1) is 35.2. The van der Waals surface area contributed by atoms with Crippen LogP contribution in [0.15, 0.2) is 0 Å². The van der Waals surface area contributed by atoms with E-state index < -0.39 is 41.3 Å². The van der Waals surface area contributed by atoms with Gasteiger partial charge in [-0.1, -0.05) is 0 Å². The maximum absolute atomic E-state index is 8.74. The summed E-state index contributed by atoms with van der Waals surface area (Å²) in [6.07, 6.45) is 0. The molecule has 0 unspecified atom stereocenters. The van der Waals surface area contributed by atoms with Gasteiger partial charge in [0.2, 0.25) is 0 Å². The molecule has 24 heteroatoms. The Bertz CT molecular complexity index is 421. The van der Waals surface area contributed by atoms with Crippen LogP contribution in [0.3, 0.4) is 0 Å². The highest BCUT2D eigenvalue weighted by molar-refractivity contribution is 7.31. The molecule has 4 aliphatic heterocycles. The van der Waals surface area contributed by atoms with Crippen LogP contribution in [-0.4, -0.2) is 109 Å². The summed E-state index contributed by atoms with van der Waals surface area (Å²) >= 11 is 0. The van der Waals surface area contributed by atoms with E-state index in [9.17, 15) is 0 Å². The molecule has 4 saturated heterocycles. The molecule has 0 amide bonds. The first-order valence-electron chi connectivity index (χ1n) is 7.05. The largest absolute Gasteiger partial charge is 0.326 e. The molecule has 0 saturated carbocycles. The summed E-state index contributed by atoms with van der Waals surface area (Å²) in [4.78, 5) is 81.4. The Kier molecular flexibility index (Phi) is 25.1. The molecule has 4 bridgehead atoms. The lowest BCUT2D eigenvalue weighted by atomic mass is 10.4. The first-order valence-corrected chi connectivity index (χ1v) is 13.6. The van der Waals surface area contributed by atoms with Crippen LogP contribution in [-0.2, 0) is 22.8 Å². The Morgan fingerprint density at radius 1 is 0.333 bits per heavy atom. The molecule has 4 fully saturated rings. The topological polar surface area (TPSA) is 301 Å². The monoisotopic (exact) mass is 550 g/mol. The number of hydrogen-bond acceptors (Lipinski definition) is 9. The van der Waals surface area contributed by atoms with Gasteiger partial charge in [-0.3, -0.25) is 42.4 Å². The average Bonchev–Trinajstić information content (AvgIpc) is 2.42. The Morgan fingerprint density at radius 3 is 0.467 bits per heavy atom. The zero-order valence-corrected chi connectivity index (χ0v) is 20.0. The Labute approximate surface area is 173 Å². The minimum atomic E-state index is -3.13. The molecular formula is C6H27N4O15P5. The molecule has 0 atom stereocenters. The van der Waals surface area contributed by atoms with E-state index in [1.54, 1.807) is 0 Å². The van der Waals surface area contributed by atoms with Crippen molar-refractivity contribution in [3.05, 3.63) is 0 Å². The summed E-state index contributed by atoms with van der Waals surface area (Å²) in [6.45, 7) is 7.12. The van der Waals surface area contributed by atoms with Crippen LogP contribution in [0.1, 0.15) is 0 Å². The predicted octanol–water partition coefficient (Wildman–Crippen LogP) is -4.22. The Hall–Kier alpha value is 0.590. The van der Waals surface area contributed by atoms with Crippen molar-refractivity contribution in [1.82, 2.24) is 19.6 Å². The van der Waals surface area contributed by atoms with Crippen LogP contribution in [0, 0.1) is 0 Å². The SMILES string of the molecule is C1N2CN3CN1CN(C2)C3.O=[PH](O)O.O=[PH](O)O.O=[PH](O)O.O=[PH](O)O.O=[PH](O)O. The Balaban J connectivity index is -0.000000318. The molecule has 186 valence electrons. The van der Waals surface area contributed by atoms with Crippen molar-refractivity contribution in [2.45, 2.75) is 0 Å². The standard InChI is InChI=1S/C6H12N4.5H3O3P/c1-7-2-9-4-8(1)5-10(3-7)6-9;5*1-4(2)3/h1-6H2;5*4H,(H2,1,2,3). The van der Waals surface area contributed by atoms with Gasteiger partial charge in [0.25, 0.3) is 0 Å². The second-order valence-electron chi connectivity index (χ2n) is 4.94. The van der Waals surface area contributed by atoms with Gasteiger partial charge in [-0.25, -0.2) is 0 Å². The van der Waals surface area contributed by atoms with Crippen LogP contribution in [0.2, 0.25) is 0 Å². The molecule has 0 aromatic rings. The van der Waals surface area contributed by atoms with Gasteiger partial charge in [-0.2, -0.15) is 0 Å². The average molecular weight is 550 g/mol. The van der Waals surface area contributed by atoms with E-state index in [0.29, 0.717) is 0 Å². The molecule has 30 heavy (non-hydrogen) atoms. The van der Waals surface area contributed by atoms with Crippen molar-refractivity contribution in [3.63, 3.8) is 0 Å². The van der Waals surface area contributed by atoms with Gasteiger partial charge in [-0.05, 0) is 0 Å². The van der Waals surface area contributed by atoms with Gasteiger partial charge < -0.3 is 48.9 Å². The molecule has 0 aliphatic carbocycles. The molecule has 0 radical (unpaired) electrons. The fraction of sp³-hybridized carbons (Fsp3) is 1.00. The highest BCUT2D eigenvalue weighted by atomic mass is 31.1. The summed E-state index contributed by atoms with van der Waals surface area (Å²) in [5.74, 6) is 0. The number of hydrogen-bond donors (Lipinski definition) is 10. The number of nitrogens with zero attached hydrogens (tertiary/aromatic N) is 4. The zero-order chi connectivity index (χ0) is 24.4. The van der Waals surface area contributed by atoms with Gasteiger partial charge in [0.05, 0.1) is 40.0 Å².